The van der Waals surface area contributed by atoms with Gasteiger partial charge in [-0.15, -0.1) is 0 Å². The number of aromatic amines is 1. The van der Waals surface area contributed by atoms with Gasteiger partial charge in [0.05, 0.1) is 12.2 Å². The van der Waals surface area contributed by atoms with Crippen LogP contribution in [0.25, 0.3) is 0 Å². The van der Waals surface area contributed by atoms with Crippen molar-refractivity contribution in [3.05, 3.63) is 46.4 Å². The van der Waals surface area contributed by atoms with Gasteiger partial charge in [-0.1, -0.05) is 19.9 Å². The third-order valence-corrected chi connectivity index (χ3v) is 4.81. The molecular formula is C20H26N4O2. The van der Waals surface area contributed by atoms with Crippen molar-refractivity contribution in [3.63, 3.8) is 0 Å². The van der Waals surface area contributed by atoms with Crippen molar-refractivity contribution >= 4 is 17.5 Å². The summed E-state index contributed by atoms with van der Waals surface area (Å²) in [5.74, 6) is 0.750. The van der Waals surface area contributed by atoms with E-state index in [-0.39, 0.29) is 17.1 Å². The van der Waals surface area contributed by atoms with E-state index in [1.807, 2.05) is 44.1 Å². The fourth-order valence-electron chi connectivity index (χ4n) is 3.53. The lowest BCUT2D eigenvalue weighted by Gasteiger charge is -2.28. The number of hydrogen-bond donors (Lipinski definition) is 2. The van der Waals surface area contributed by atoms with Crippen LogP contribution in [0.2, 0.25) is 0 Å². The fourth-order valence-corrected chi connectivity index (χ4v) is 3.53. The molecule has 0 bridgehead atoms. The zero-order chi connectivity index (χ0) is 19.1. The molecule has 2 heterocycles. The van der Waals surface area contributed by atoms with Crippen molar-refractivity contribution in [1.82, 2.24) is 15.3 Å². The molecule has 0 spiro atoms. The van der Waals surface area contributed by atoms with Crippen LogP contribution >= 0.6 is 0 Å². The topological polar surface area (TPSA) is 78.1 Å². The van der Waals surface area contributed by atoms with Crippen LogP contribution in [0.4, 0.5) is 5.82 Å². The third kappa shape index (κ3) is 3.49. The molecule has 2 aromatic rings. The Kier molecular flexibility index (Phi) is 4.61. The molecular weight excluding hydrogens is 328 g/mol. The molecule has 0 radical (unpaired) electrons. The molecule has 1 aliphatic carbocycles. The average Bonchev–Trinajstić information content (AvgIpc) is 2.88. The highest BCUT2D eigenvalue weighted by Crippen LogP contribution is 2.36. The minimum Gasteiger partial charge on any atom is -0.363 e. The quantitative estimate of drug-likeness (QED) is 0.885. The number of hydrogen-bond acceptors (Lipinski definition) is 4. The lowest BCUT2D eigenvalue weighted by Crippen LogP contribution is -2.26. The molecule has 0 saturated carbocycles. The summed E-state index contributed by atoms with van der Waals surface area (Å²) >= 11 is 0. The molecule has 6 nitrogen and oxygen atoms in total. The second-order valence-electron chi connectivity index (χ2n) is 7.98. The van der Waals surface area contributed by atoms with Crippen LogP contribution in [-0.2, 0) is 13.0 Å². The summed E-state index contributed by atoms with van der Waals surface area (Å²) in [7, 11) is 3.85. The predicted molar refractivity (Wildman–Crippen MR) is 102 cm³/mol. The minimum atomic E-state index is -0.209. The first kappa shape index (κ1) is 18.2. The maximum atomic E-state index is 12.7. The summed E-state index contributed by atoms with van der Waals surface area (Å²) in [6.45, 7) is 6.33. The zero-order valence-corrected chi connectivity index (χ0v) is 16.1. The molecule has 2 N–H and O–H groups in total. The monoisotopic (exact) mass is 354 g/mol. The zero-order valence-electron chi connectivity index (χ0n) is 16.1. The molecule has 138 valence electrons. The smallest absolute Gasteiger partial charge is 0.268 e. The summed E-state index contributed by atoms with van der Waals surface area (Å²) in [6.07, 6.45) is 1.29. The number of nitrogens with one attached hydrogen (secondary N) is 2. The number of amides is 1. The number of pyridine rings is 1. The first-order valence-corrected chi connectivity index (χ1v) is 8.84. The molecule has 26 heavy (non-hydrogen) atoms. The highest BCUT2D eigenvalue weighted by atomic mass is 16.2. The molecule has 0 saturated heterocycles. The number of aromatic nitrogens is 2. The number of nitrogens with zero attached hydrogens (tertiary/aromatic N) is 2. The second-order valence-corrected chi connectivity index (χ2v) is 7.98. The largest absolute Gasteiger partial charge is 0.363 e. The number of anilines is 1. The Bertz CT molecular complexity index is 865. The molecule has 3 rings (SSSR count). The highest BCUT2D eigenvalue weighted by Gasteiger charge is 2.35. The third-order valence-electron chi connectivity index (χ3n) is 4.81. The van der Waals surface area contributed by atoms with Gasteiger partial charge in [-0.2, -0.15) is 0 Å². The SMILES string of the molecule is Cc1c(C(=O)NCc2cccc(N(C)C)n2)[nH]c2c1C(=O)CC(C)(C)C2. The van der Waals surface area contributed by atoms with Gasteiger partial charge >= 0.3 is 0 Å². The van der Waals surface area contributed by atoms with E-state index in [9.17, 15) is 9.59 Å². The van der Waals surface area contributed by atoms with Crippen LogP contribution in [0, 0.1) is 12.3 Å². The maximum absolute atomic E-state index is 12.7. The van der Waals surface area contributed by atoms with Crippen molar-refractivity contribution in [2.45, 2.75) is 40.2 Å². The standard InChI is InChI=1S/C20H26N4O2/c1-12-17-14(9-20(2,3)10-15(17)25)23-18(12)19(26)21-11-13-7-6-8-16(22-13)24(4)5/h6-8,23H,9-11H2,1-5H3,(H,21,26). The minimum absolute atomic E-state index is 0.0777. The first-order valence-electron chi connectivity index (χ1n) is 8.84. The van der Waals surface area contributed by atoms with Crippen LogP contribution in [0.1, 0.15) is 58.1 Å². The Labute approximate surface area is 154 Å². The summed E-state index contributed by atoms with van der Waals surface area (Å²) in [5, 5.41) is 2.90. The normalized spacial score (nSPS) is 15.5. The molecule has 6 heteroatoms. The Morgan fingerprint density at radius 3 is 2.73 bits per heavy atom. The number of ketones is 1. The van der Waals surface area contributed by atoms with Gasteiger partial charge in [0.1, 0.15) is 11.5 Å². The Hall–Kier alpha value is -2.63. The van der Waals surface area contributed by atoms with Crippen molar-refractivity contribution < 1.29 is 9.59 Å². The summed E-state index contributed by atoms with van der Waals surface area (Å²) in [6, 6.07) is 5.72. The van der Waals surface area contributed by atoms with Gasteiger partial charge in [-0.05, 0) is 36.5 Å². The van der Waals surface area contributed by atoms with Crippen LogP contribution in [0.5, 0.6) is 0 Å². The van der Waals surface area contributed by atoms with Crippen LogP contribution in [-0.4, -0.2) is 35.8 Å². The van der Waals surface area contributed by atoms with E-state index in [4.69, 9.17) is 0 Å². The summed E-state index contributed by atoms with van der Waals surface area (Å²) in [4.78, 5) is 34.7. The van der Waals surface area contributed by atoms with Gasteiger partial charge in [0, 0.05) is 31.8 Å². The lowest BCUT2D eigenvalue weighted by atomic mass is 9.75. The molecule has 1 aliphatic rings. The van der Waals surface area contributed by atoms with Gasteiger partial charge in [0.15, 0.2) is 5.78 Å². The van der Waals surface area contributed by atoms with Gasteiger partial charge < -0.3 is 15.2 Å². The number of rotatable bonds is 4. The highest BCUT2D eigenvalue weighted by molar-refractivity contribution is 6.04. The van der Waals surface area contributed by atoms with Crippen LogP contribution < -0.4 is 10.2 Å². The van der Waals surface area contributed by atoms with E-state index in [1.54, 1.807) is 0 Å². The molecule has 1 amide bonds. The van der Waals surface area contributed by atoms with Crippen molar-refractivity contribution in [1.29, 1.82) is 0 Å². The Morgan fingerprint density at radius 1 is 1.31 bits per heavy atom. The number of H-pyrrole nitrogens is 1. The van der Waals surface area contributed by atoms with E-state index in [0.29, 0.717) is 24.2 Å². The Balaban J connectivity index is 1.77. The van der Waals surface area contributed by atoms with Crippen LogP contribution in [0.15, 0.2) is 18.2 Å². The predicted octanol–water partition coefficient (Wildman–Crippen LogP) is 2.87. The number of carbonyl (C=O) groups excluding carboxylic acids is 2. The number of fused-ring (bicyclic) bond motifs is 1. The van der Waals surface area contributed by atoms with E-state index in [2.05, 4.69) is 29.1 Å². The number of Topliss-reactive ketones (excluding diaryl/α,β-unsaturated/α-hetero) is 1. The second kappa shape index (κ2) is 6.59. The van der Waals surface area contributed by atoms with E-state index in [0.717, 1.165) is 29.2 Å². The van der Waals surface area contributed by atoms with Crippen molar-refractivity contribution in [3.8, 4) is 0 Å². The van der Waals surface area contributed by atoms with Crippen molar-refractivity contribution in [2.75, 3.05) is 19.0 Å². The number of carbonyl (C=O) groups is 2. The fraction of sp³-hybridized carbons (Fsp3) is 0.450. The van der Waals surface area contributed by atoms with E-state index < -0.39 is 0 Å². The Morgan fingerprint density at radius 2 is 2.04 bits per heavy atom. The molecule has 0 aliphatic heterocycles. The summed E-state index contributed by atoms with van der Waals surface area (Å²) in [5.41, 5.74) is 3.50. The molecule has 0 unspecified atom stereocenters. The molecule has 0 fully saturated rings. The maximum Gasteiger partial charge on any atom is 0.268 e. The van der Waals surface area contributed by atoms with Gasteiger partial charge in [0.25, 0.3) is 5.91 Å². The summed E-state index contributed by atoms with van der Waals surface area (Å²) < 4.78 is 0. The van der Waals surface area contributed by atoms with Gasteiger partial charge in [0.2, 0.25) is 0 Å². The van der Waals surface area contributed by atoms with Gasteiger partial charge in [-0.25, -0.2) is 4.98 Å². The average molecular weight is 354 g/mol. The van der Waals surface area contributed by atoms with Gasteiger partial charge in [-0.3, -0.25) is 9.59 Å². The molecule has 2 aromatic heterocycles. The van der Waals surface area contributed by atoms with E-state index in [1.165, 1.54) is 0 Å². The van der Waals surface area contributed by atoms with Crippen molar-refractivity contribution in [2.24, 2.45) is 5.41 Å². The van der Waals surface area contributed by atoms with E-state index >= 15 is 0 Å². The molecule has 0 aromatic carbocycles. The van der Waals surface area contributed by atoms with Crippen LogP contribution in [0.3, 0.4) is 0 Å². The first-order chi connectivity index (χ1) is 12.2. The molecule has 0 atom stereocenters. The lowest BCUT2D eigenvalue weighted by molar-refractivity contribution is 0.0909.